The number of ether oxygens (including phenoxy) is 1. The molecule has 1 saturated heterocycles. The van der Waals surface area contributed by atoms with Crippen LogP contribution < -0.4 is 5.32 Å². The molecule has 0 aromatic carbocycles. The minimum absolute atomic E-state index is 0.231. The van der Waals surface area contributed by atoms with Crippen LogP contribution >= 0.6 is 0 Å². The highest BCUT2D eigenvalue weighted by Gasteiger charge is 2.25. The van der Waals surface area contributed by atoms with Gasteiger partial charge in [0.2, 0.25) is 0 Å². The Labute approximate surface area is 107 Å². The van der Waals surface area contributed by atoms with E-state index in [1.54, 1.807) is 0 Å². The number of rotatable bonds is 6. The van der Waals surface area contributed by atoms with Gasteiger partial charge in [-0.15, -0.1) is 0 Å². The number of likely N-dealkylation sites (tertiary alicyclic amines) is 1. The van der Waals surface area contributed by atoms with Crippen molar-refractivity contribution in [3.63, 3.8) is 0 Å². The van der Waals surface area contributed by atoms with Gasteiger partial charge in [0.25, 0.3) is 0 Å². The molecule has 0 saturated carbocycles. The molecule has 0 bridgehead atoms. The maximum atomic E-state index is 5.63. The first-order valence-corrected chi connectivity index (χ1v) is 6.94. The Morgan fingerprint density at radius 3 is 2.65 bits per heavy atom. The molecule has 0 radical (unpaired) electrons. The van der Waals surface area contributed by atoms with Gasteiger partial charge in [0, 0.05) is 31.3 Å². The van der Waals surface area contributed by atoms with Crippen molar-refractivity contribution in [2.24, 2.45) is 5.92 Å². The second kappa shape index (κ2) is 6.72. The summed E-state index contributed by atoms with van der Waals surface area (Å²) in [4.78, 5) is 2.50. The Kier molecular flexibility index (Phi) is 5.90. The van der Waals surface area contributed by atoms with Gasteiger partial charge >= 0.3 is 0 Å². The van der Waals surface area contributed by atoms with E-state index in [-0.39, 0.29) is 5.54 Å². The van der Waals surface area contributed by atoms with E-state index in [2.05, 4.69) is 44.8 Å². The summed E-state index contributed by atoms with van der Waals surface area (Å²) in [5.74, 6) is 0.642. The molecule has 3 nitrogen and oxygen atoms in total. The minimum atomic E-state index is 0.231. The van der Waals surface area contributed by atoms with Crippen LogP contribution in [0.2, 0.25) is 0 Å². The van der Waals surface area contributed by atoms with Gasteiger partial charge in [-0.25, -0.2) is 0 Å². The average Bonchev–Trinajstić information content (AvgIpc) is 2.57. The van der Waals surface area contributed by atoms with Gasteiger partial charge in [0.05, 0.1) is 6.61 Å². The lowest BCUT2D eigenvalue weighted by Crippen LogP contribution is -2.45. The van der Waals surface area contributed by atoms with Crippen molar-refractivity contribution in [3.05, 3.63) is 0 Å². The summed E-state index contributed by atoms with van der Waals surface area (Å²) in [6, 6.07) is 0.653. The molecule has 1 aliphatic heterocycles. The molecule has 0 aliphatic carbocycles. The Bertz CT molecular complexity index is 211. The summed E-state index contributed by atoms with van der Waals surface area (Å²) in [5, 5.41) is 3.67. The molecule has 1 heterocycles. The summed E-state index contributed by atoms with van der Waals surface area (Å²) in [7, 11) is 0. The van der Waals surface area contributed by atoms with E-state index in [4.69, 9.17) is 4.74 Å². The van der Waals surface area contributed by atoms with E-state index in [9.17, 15) is 0 Å². The zero-order chi connectivity index (χ0) is 12.9. The van der Waals surface area contributed by atoms with E-state index in [0.29, 0.717) is 12.0 Å². The smallest absolute Gasteiger partial charge is 0.0593 e. The fourth-order valence-electron chi connectivity index (χ4n) is 2.28. The van der Waals surface area contributed by atoms with Crippen LogP contribution in [0.1, 0.15) is 41.0 Å². The summed E-state index contributed by atoms with van der Waals surface area (Å²) < 4.78 is 5.63. The molecule has 0 amide bonds. The van der Waals surface area contributed by atoms with Gasteiger partial charge in [0.1, 0.15) is 0 Å². The van der Waals surface area contributed by atoms with Crippen molar-refractivity contribution in [2.45, 2.75) is 52.6 Å². The molecule has 3 heteroatoms. The van der Waals surface area contributed by atoms with E-state index in [0.717, 1.165) is 19.8 Å². The predicted molar refractivity (Wildman–Crippen MR) is 73.4 cm³/mol. The monoisotopic (exact) mass is 242 g/mol. The predicted octanol–water partition coefficient (Wildman–Crippen LogP) is 2.12. The van der Waals surface area contributed by atoms with Crippen molar-refractivity contribution in [1.29, 1.82) is 0 Å². The first-order chi connectivity index (χ1) is 7.87. The highest BCUT2D eigenvalue weighted by Crippen LogP contribution is 2.12. The lowest BCUT2D eigenvalue weighted by Gasteiger charge is -2.26. The Balaban J connectivity index is 2.09. The van der Waals surface area contributed by atoms with Crippen molar-refractivity contribution in [1.82, 2.24) is 10.2 Å². The van der Waals surface area contributed by atoms with Crippen LogP contribution in [-0.4, -0.2) is 49.3 Å². The molecular formula is C14H30N2O. The molecule has 1 N–H and O–H groups in total. The maximum Gasteiger partial charge on any atom is 0.0593 e. The zero-order valence-corrected chi connectivity index (χ0v) is 12.3. The Hall–Kier alpha value is -0.120. The van der Waals surface area contributed by atoms with Gasteiger partial charge < -0.3 is 10.1 Å². The summed E-state index contributed by atoms with van der Waals surface area (Å²) in [5.41, 5.74) is 0.231. The van der Waals surface area contributed by atoms with Crippen molar-refractivity contribution < 1.29 is 4.74 Å². The molecule has 0 aromatic heterocycles. The van der Waals surface area contributed by atoms with Gasteiger partial charge in [-0.05, 0) is 39.7 Å². The quantitative estimate of drug-likeness (QED) is 0.722. The highest BCUT2D eigenvalue weighted by atomic mass is 16.5. The van der Waals surface area contributed by atoms with Crippen LogP contribution in [0.5, 0.6) is 0 Å². The maximum absolute atomic E-state index is 5.63. The molecule has 1 atom stereocenters. The molecule has 0 unspecified atom stereocenters. The van der Waals surface area contributed by atoms with E-state index < -0.39 is 0 Å². The van der Waals surface area contributed by atoms with Crippen molar-refractivity contribution >= 4 is 0 Å². The fourth-order valence-corrected chi connectivity index (χ4v) is 2.28. The van der Waals surface area contributed by atoms with Crippen LogP contribution in [0.4, 0.5) is 0 Å². The normalized spacial score (nSPS) is 22.6. The Morgan fingerprint density at radius 2 is 2.06 bits per heavy atom. The van der Waals surface area contributed by atoms with Gasteiger partial charge in [0.15, 0.2) is 0 Å². The first-order valence-electron chi connectivity index (χ1n) is 6.94. The minimum Gasteiger partial charge on any atom is -0.380 e. The van der Waals surface area contributed by atoms with E-state index in [1.165, 1.54) is 19.5 Å². The second-order valence-electron chi connectivity index (χ2n) is 6.65. The molecule has 0 spiro atoms. The third-order valence-corrected chi connectivity index (χ3v) is 2.91. The molecule has 17 heavy (non-hydrogen) atoms. The number of hydrogen-bond donors (Lipinski definition) is 1. The van der Waals surface area contributed by atoms with Crippen LogP contribution in [0.3, 0.4) is 0 Å². The van der Waals surface area contributed by atoms with E-state index >= 15 is 0 Å². The molecule has 0 aromatic rings. The Morgan fingerprint density at radius 1 is 1.35 bits per heavy atom. The summed E-state index contributed by atoms with van der Waals surface area (Å²) in [6.07, 6.45) is 1.27. The van der Waals surface area contributed by atoms with Crippen LogP contribution in [0.15, 0.2) is 0 Å². The highest BCUT2D eigenvalue weighted by molar-refractivity contribution is 4.85. The SMILES string of the molecule is CC(C)COCCN1CC[C@H](NC(C)(C)C)C1. The molecule has 1 aliphatic rings. The third kappa shape index (κ3) is 7.02. The molecule has 102 valence electrons. The fraction of sp³-hybridized carbons (Fsp3) is 1.00. The first kappa shape index (κ1) is 14.9. The third-order valence-electron chi connectivity index (χ3n) is 2.91. The average molecular weight is 242 g/mol. The van der Waals surface area contributed by atoms with Gasteiger partial charge in [-0.3, -0.25) is 4.90 Å². The van der Waals surface area contributed by atoms with Crippen LogP contribution in [-0.2, 0) is 4.74 Å². The summed E-state index contributed by atoms with van der Waals surface area (Å²) in [6.45, 7) is 16.3. The molecule has 1 rings (SSSR count). The van der Waals surface area contributed by atoms with Gasteiger partial charge in [-0.2, -0.15) is 0 Å². The number of hydrogen-bond acceptors (Lipinski definition) is 3. The number of nitrogens with one attached hydrogen (secondary N) is 1. The summed E-state index contributed by atoms with van der Waals surface area (Å²) >= 11 is 0. The lowest BCUT2D eigenvalue weighted by atomic mass is 10.1. The standard InChI is InChI=1S/C14H30N2O/c1-12(2)11-17-9-8-16-7-6-13(10-16)15-14(3,4)5/h12-13,15H,6-11H2,1-5H3/t13-/m0/s1. The zero-order valence-electron chi connectivity index (χ0n) is 12.3. The molecular weight excluding hydrogens is 212 g/mol. The van der Waals surface area contributed by atoms with Crippen molar-refractivity contribution in [3.8, 4) is 0 Å². The lowest BCUT2D eigenvalue weighted by molar-refractivity contribution is 0.0905. The van der Waals surface area contributed by atoms with Gasteiger partial charge in [-0.1, -0.05) is 13.8 Å². The second-order valence-corrected chi connectivity index (χ2v) is 6.65. The largest absolute Gasteiger partial charge is 0.380 e. The van der Waals surface area contributed by atoms with E-state index in [1.807, 2.05) is 0 Å². The number of nitrogens with zero attached hydrogens (tertiary/aromatic N) is 1. The van der Waals surface area contributed by atoms with Crippen molar-refractivity contribution in [2.75, 3.05) is 32.8 Å². The topological polar surface area (TPSA) is 24.5 Å². The van der Waals surface area contributed by atoms with Crippen LogP contribution in [0, 0.1) is 5.92 Å². The van der Waals surface area contributed by atoms with Crippen LogP contribution in [0.25, 0.3) is 0 Å². The molecule has 1 fully saturated rings.